The third-order valence-electron chi connectivity index (χ3n) is 4.23. The van der Waals surface area contributed by atoms with E-state index in [1.54, 1.807) is 50.6 Å². The first-order chi connectivity index (χ1) is 13.2. The van der Waals surface area contributed by atoms with Crippen LogP contribution in [0.1, 0.15) is 23.2 Å². The average Bonchev–Trinajstić information content (AvgIpc) is 2.69. The highest BCUT2D eigenvalue weighted by Crippen LogP contribution is 2.18. The second-order valence-electron chi connectivity index (χ2n) is 6.31. The van der Waals surface area contributed by atoms with Crippen molar-refractivity contribution in [3.63, 3.8) is 0 Å². The van der Waals surface area contributed by atoms with Crippen LogP contribution >= 0.6 is 0 Å². The average molecular weight is 404 g/mol. The number of carbonyl (C=O) groups is 2. The van der Waals surface area contributed by atoms with Crippen LogP contribution in [-0.4, -0.2) is 47.2 Å². The minimum Gasteiger partial charge on any atom is -0.497 e. The standard InChI is InChI=1S/C20H24N2O5S/c1-22(16-8-12-18(13-9-16)28(3,25)26)19(23)5-4-14-21-20(24)15-6-10-17(27-2)11-7-15/h6-13H,4-5,14H2,1-3H3,(H,21,24). The summed E-state index contributed by atoms with van der Waals surface area (Å²) in [5.74, 6) is 0.348. The summed E-state index contributed by atoms with van der Waals surface area (Å²) in [6.07, 6.45) is 1.89. The van der Waals surface area contributed by atoms with Crippen LogP contribution in [0.5, 0.6) is 5.75 Å². The predicted octanol–water partition coefficient (Wildman–Crippen LogP) is 2.27. The Hall–Kier alpha value is -2.87. The van der Waals surface area contributed by atoms with Crippen LogP contribution in [0.15, 0.2) is 53.4 Å². The Morgan fingerprint density at radius 1 is 1.04 bits per heavy atom. The Kier molecular flexibility index (Phi) is 7.17. The highest BCUT2D eigenvalue weighted by Gasteiger charge is 2.13. The predicted molar refractivity (Wildman–Crippen MR) is 108 cm³/mol. The third-order valence-corrected chi connectivity index (χ3v) is 5.36. The zero-order valence-electron chi connectivity index (χ0n) is 16.1. The lowest BCUT2D eigenvalue weighted by molar-refractivity contribution is -0.118. The van der Waals surface area contributed by atoms with Crippen LogP contribution in [0, 0.1) is 0 Å². The van der Waals surface area contributed by atoms with Crippen LogP contribution in [-0.2, 0) is 14.6 Å². The number of methoxy groups -OCH3 is 1. The zero-order chi connectivity index (χ0) is 20.7. The summed E-state index contributed by atoms with van der Waals surface area (Å²) in [7, 11) is -0.0775. The molecule has 0 heterocycles. The molecule has 1 N–H and O–H groups in total. The molecule has 0 saturated heterocycles. The van der Waals surface area contributed by atoms with Crippen LogP contribution in [0.25, 0.3) is 0 Å². The van der Waals surface area contributed by atoms with Crippen molar-refractivity contribution in [1.29, 1.82) is 0 Å². The fourth-order valence-electron chi connectivity index (χ4n) is 2.51. The van der Waals surface area contributed by atoms with Gasteiger partial charge in [-0.15, -0.1) is 0 Å². The van der Waals surface area contributed by atoms with Gasteiger partial charge in [0.1, 0.15) is 5.75 Å². The first-order valence-electron chi connectivity index (χ1n) is 8.71. The maximum atomic E-state index is 12.3. The quantitative estimate of drug-likeness (QED) is 0.682. The summed E-state index contributed by atoms with van der Waals surface area (Å²) < 4.78 is 28.0. The number of hydrogen-bond acceptors (Lipinski definition) is 5. The van der Waals surface area contributed by atoms with Crippen molar-refractivity contribution in [1.82, 2.24) is 5.32 Å². The number of amides is 2. The highest BCUT2D eigenvalue weighted by atomic mass is 32.2. The highest BCUT2D eigenvalue weighted by molar-refractivity contribution is 7.90. The maximum absolute atomic E-state index is 12.3. The molecule has 0 saturated carbocycles. The minimum absolute atomic E-state index is 0.120. The molecule has 8 heteroatoms. The van der Waals surface area contributed by atoms with Gasteiger partial charge in [-0.3, -0.25) is 9.59 Å². The molecule has 2 amide bonds. The molecule has 2 rings (SSSR count). The van der Waals surface area contributed by atoms with Crippen molar-refractivity contribution in [2.45, 2.75) is 17.7 Å². The zero-order valence-corrected chi connectivity index (χ0v) is 17.0. The van der Waals surface area contributed by atoms with E-state index in [9.17, 15) is 18.0 Å². The van der Waals surface area contributed by atoms with E-state index in [2.05, 4.69) is 5.32 Å². The van der Waals surface area contributed by atoms with Gasteiger partial charge in [0.05, 0.1) is 12.0 Å². The van der Waals surface area contributed by atoms with E-state index >= 15 is 0 Å². The first-order valence-corrected chi connectivity index (χ1v) is 10.6. The van der Waals surface area contributed by atoms with Crippen molar-refractivity contribution >= 4 is 27.3 Å². The summed E-state index contributed by atoms with van der Waals surface area (Å²) in [5, 5.41) is 2.78. The van der Waals surface area contributed by atoms with Crippen molar-refractivity contribution in [3.8, 4) is 5.75 Å². The molecule has 0 unspecified atom stereocenters. The molecular formula is C20H24N2O5S. The van der Waals surface area contributed by atoms with Crippen molar-refractivity contribution < 1.29 is 22.7 Å². The van der Waals surface area contributed by atoms with Gasteiger partial charge >= 0.3 is 0 Å². The van der Waals surface area contributed by atoms with Crippen molar-refractivity contribution in [2.24, 2.45) is 0 Å². The van der Waals surface area contributed by atoms with Gasteiger partial charge < -0.3 is 15.0 Å². The second-order valence-corrected chi connectivity index (χ2v) is 8.32. The largest absolute Gasteiger partial charge is 0.497 e. The summed E-state index contributed by atoms with van der Waals surface area (Å²) in [5.41, 5.74) is 1.13. The molecule has 7 nitrogen and oxygen atoms in total. The Morgan fingerprint density at radius 2 is 1.64 bits per heavy atom. The summed E-state index contributed by atoms with van der Waals surface area (Å²) in [6, 6.07) is 12.9. The molecule has 0 aliphatic heterocycles. The van der Waals surface area contributed by atoms with Gasteiger partial charge in [0.15, 0.2) is 9.84 Å². The monoisotopic (exact) mass is 404 g/mol. The number of sulfone groups is 1. The van der Waals surface area contributed by atoms with Gasteiger partial charge in [-0.25, -0.2) is 8.42 Å². The number of carbonyl (C=O) groups excluding carboxylic acids is 2. The summed E-state index contributed by atoms with van der Waals surface area (Å²) in [6.45, 7) is 0.372. The van der Waals surface area contributed by atoms with E-state index in [1.165, 1.54) is 17.0 Å². The van der Waals surface area contributed by atoms with E-state index in [0.717, 1.165) is 6.26 Å². The van der Waals surface area contributed by atoms with Gasteiger partial charge in [-0.1, -0.05) is 0 Å². The lowest BCUT2D eigenvalue weighted by Crippen LogP contribution is -2.28. The van der Waals surface area contributed by atoms with Crippen molar-refractivity contribution in [3.05, 3.63) is 54.1 Å². The molecule has 0 radical (unpaired) electrons. The fourth-order valence-corrected chi connectivity index (χ4v) is 3.15. The number of ether oxygens (including phenoxy) is 1. The van der Waals surface area contributed by atoms with E-state index in [1.807, 2.05) is 0 Å². The Balaban J connectivity index is 1.80. The Bertz CT molecular complexity index is 922. The number of benzene rings is 2. The van der Waals surface area contributed by atoms with Crippen LogP contribution in [0.2, 0.25) is 0 Å². The SMILES string of the molecule is COc1ccc(C(=O)NCCCC(=O)N(C)c2ccc(S(C)(=O)=O)cc2)cc1. The van der Waals surface area contributed by atoms with Gasteiger partial charge in [0.2, 0.25) is 5.91 Å². The molecule has 0 aliphatic rings. The van der Waals surface area contributed by atoms with E-state index in [0.29, 0.717) is 30.0 Å². The molecule has 0 aromatic heterocycles. The second kappa shape index (κ2) is 9.36. The molecule has 28 heavy (non-hydrogen) atoms. The number of nitrogens with zero attached hydrogens (tertiary/aromatic N) is 1. The van der Waals surface area contributed by atoms with Crippen LogP contribution in [0.4, 0.5) is 5.69 Å². The van der Waals surface area contributed by atoms with Crippen LogP contribution in [0.3, 0.4) is 0 Å². The lowest BCUT2D eigenvalue weighted by atomic mass is 10.2. The molecular weight excluding hydrogens is 380 g/mol. The van der Waals surface area contributed by atoms with E-state index < -0.39 is 9.84 Å². The fraction of sp³-hybridized carbons (Fsp3) is 0.300. The Morgan fingerprint density at radius 3 is 2.18 bits per heavy atom. The number of rotatable bonds is 8. The molecule has 150 valence electrons. The van der Waals surface area contributed by atoms with Gasteiger partial charge in [-0.05, 0) is 55.0 Å². The van der Waals surface area contributed by atoms with Gasteiger partial charge in [-0.2, -0.15) is 0 Å². The molecule has 0 bridgehead atoms. The molecule has 0 aliphatic carbocycles. The summed E-state index contributed by atoms with van der Waals surface area (Å²) in [4.78, 5) is 26.0. The molecule has 0 atom stereocenters. The van der Waals surface area contributed by atoms with E-state index in [4.69, 9.17) is 4.74 Å². The lowest BCUT2D eigenvalue weighted by Gasteiger charge is -2.17. The maximum Gasteiger partial charge on any atom is 0.251 e. The van der Waals surface area contributed by atoms with E-state index in [-0.39, 0.29) is 23.1 Å². The third kappa shape index (κ3) is 5.82. The Labute approximate surface area is 165 Å². The number of nitrogens with one attached hydrogen (secondary N) is 1. The number of anilines is 1. The molecule has 2 aromatic carbocycles. The summed E-state index contributed by atoms with van der Waals surface area (Å²) >= 11 is 0. The minimum atomic E-state index is -3.27. The van der Waals surface area contributed by atoms with Crippen molar-refractivity contribution in [2.75, 3.05) is 31.9 Å². The number of hydrogen-bond donors (Lipinski definition) is 1. The van der Waals surface area contributed by atoms with Gasteiger partial charge in [0.25, 0.3) is 5.91 Å². The molecule has 0 spiro atoms. The normalized spacial score (nSPS) is 11.0. The van der Waals surface area contributed by atoms with Gasteiger partial charge in [0, 0.05) is 37.5 Å². The van der Waals surface area contributed by atoms with Crippen LogP contribution < -0.4 is 15.0 Å². The topological polar surface area (TPSA) is 92.8 Å². The smallest absolute Gasteiger partial charge is 0.251 e. The first kappa shape index (κ1) is 21.4. The molecule has 0 fully saturated rings. The molecule has 2 aromatic rings.